The molecule has 1 aliphatic heterocycles. The monoisotopic (exact) mass is 243 g/mol. The molecule has 2 rings (SSSR count). The molecule has 0 spiro atoms. The molecule has 86 valence electrons. The van der Waals surface area contributed by atoms with Gasteiger partial charge in [0.05, 0.1) is 10.9 Å². The third-order valence-corrected chi connectivity index (χ3v) is 2.96. The molecule has 0 saturated carbocycles. The molecule has 1 aromatic carbocycles. The van der Waals surface area contributed by atoms with Crippen LogP contribution < -0.4 is 0 Å². The zero-order chi connectivity index (χ0) is 11.7. The Kier molecular flexibility index (Phi) is 3.01. The number of alkyl halides is 1. The maximum Gasteiger partial charge on any atom is 0.257 e. The highest BCUT2D eigenvalue weighted by atomic mass is 35.5. The molecule has 1 saturated heterocycles. The van der Waals surface area contributed by atoms with Crippen LogP contribution in [0.4, 0.5) is 4.39 Å². The quantitative estimate of drug-likeness (QED) is 0.767. The number of phenols is 1. The van der Waals surface area contributed by atoms with Crippen molar-refractivity contribution >= 4 is 17.5 Å². The second-order valence-corrected chi connectivity index (χ2v) is 4.42. The van der Waals surface area contributed by atoms with Crippen molar-refractivity contribution in [3.63, 3.8) is 0 Å². The molecule has 1 fully saturated rings. The lowest BCUT2D eigenvalue weighted by molar-refractivity contribution is 0.0790. The maximum absolute atomic E-state index is 12.7. The molecular formula is C11H11ClFNO2. The van der Waals surface area contributed by atoms with Gasteiger partial charge in [-0.15, -0.1) is 11.6 Å². The van der Waals surface area contributed by atoms with Gasteiger partial charge in [-0.2, -0.15) is 0 Å². The molecule has 1 heterocycles. The Balaban J connectivity index is 2.21. The van der Waals surface area contributed by atoms with Crippen molar-refractivity contribution in [2.45, 2.75) is 11.8 Å². The second kappa shape index (κ2) is 4.29. The zero-order valence-electron chi connectivity index (χ0n) is 8.49. The van der Waals surface area contributed by atoms with E-state index in [1.807, 2.05) is 0 Å². The van der Waals surface area contributed by atoms with Gasteiger partial charge in [-0.1, -0.05) is 0 Å². The molecule has 1 aromatic rings. The van der Waals surface area contributed by atoms with E-state index >= 15 is 0 Å². The third kappa shape index (κ3) is 2.11. The smallest absolute Gasteiger partial charge is 0.257 e. The summed E-state index contributed by atoms with van der Waals surface area (Å²) < 4.78 is 12.7. The first-order chi connectivity index (χ1) is 7.58. The topological polar surface area (TPSA) is 40.5 Å². The first-order valence-corrected chi connectivity index (χ1v) is 5.43. The second-order valence-electron chi connectivity index (χ2n) is 3.80. The molecule has 5 heteroatoms. The van der Waals surface area contributed by atoms with Crippen LogP contribution in [0.25, 0.3) is 0 Å². The molecule has 1 amide bonds. The number of likely N-dealkylation sites (tertiary alicyclic amines) is 1. The van der Waals surface area contributed by atoms with Crippen molar-refractivity contribution in [2.24, 2.45) is 0 Å². The number of benzene rings is 1. The van der Waals surface area contributed by atoms with Gasteiger partial charge in [-0.25, -0.2) is 4.39 Å². The average Bonchev–Trinajstić information content (AvgIpc) is 2.64. The van der Waals surface area contributed by atoms with Crippen LogP contribution in [-0.4, -0.2) is 34.4 Å². The highest BCUT2D eigenvalue weighted by Crippen LogP contribution is 2.23. The summed E-state index contributed by atoms with van der Waals surface area (Å²) in [6.07, 6.45) is 0.745. The summed E-state index contributed by atoms with van der Waals surface area (Å²) in [5.74, 6) is -1.20. The number of carbonyl (C=O) groups excluding carboxylic acids is 1. The average molecular weight is 244 g/mol. The number of halogens is 2. The van der Waals surface area contributed by atoms with E-state index in [0.717, 1.165) is 18.6 Å². The minimum atomic E-state index is -0.564. The Morgan fingerprint density at radius 2 is 2.31 bits per heavy atom. The van der Waals surface area contributed by atoms with E-state index in [2.05, 4.69) is 0 Å². The fraction of sp³-hybridized carbons (Fsp3) is 0.364. The van der Waals surface area contributed by atoms with Crippen LogP contribution in [-0.2, 0) is 0 Å². The summed E-state index contributed by atoms with van der Waals surface area (Å²) in [5, 5.41) is 9.43. The van der Waals surface area contributed by atoms with Gasteiger partial charge in [0.2, 0.25) is 0 Å². The van der Waals surface area contributed by atoms with Gasteiger partial charge in [0.1, 0.15) is 11.6 Å². The van der Waals surface area contributed by atoms with E-state index < -0.39 is 5.82 Å². The van der Waals surface area contributed by atoms with Crippen molar-refractivity contribution in [1.82, 2.24) is 4.90 Å². The molecular weight excluding hydrogens is 233 g/mol. The van der Waals surface area contributed by atoms with Crippen LogP contribution in [0.1, 0.15) is 16.8 Å². The normalized spacial score (nSPS) is 20.1. The fourth-order valence-corrected chi connectivity index (χ4v) is 2.02. The van der Waals surface area contributed by atoms with Crippen molar-refractivity contribution < 1.29 is 14.3 Å². The lowest BCUT2D eigenvalue weighted by Gasteiger charge is -2.16. The number of amides is 1. The summed E-state index contributed by atoms with van der Waals surface area (Å²) in [6.45, 7) is 1.04. The molecule has 1 aliphatic rings. The minimum absolute atomic E-state index is 0.0356. The van der Waals surface area contributed by atoms with E-state index in [0.29, 0.717) is 13.1 Å². The van der Waals surface area contributed by atoms with Crippen LogP contribution in [0.2, 0.25) is 0 Å². The number of carbonyl (C=O) groups is 1. The molecule has 0 aliphatic carbocycles. The Hall–Kier alpha value is -1.29. The Bertz CT molecular complexity index is 424. The van der Waals surface area contributed by atoms with Crippen LogP contribution in [0.15, 0.2) is 18.2 Å². The van der Waals surface area contributed by atoms with Crippen molar-refractivity contribution in [3.8, 4) is 5.75 Å². The van der Waals surface area contributed by atoms with Gasteiger partial charge in [-0.05, 0) is 18.6 Å². The predicted octanol–water partition coefficient (Wildman–Crippen LogP) is 1.98. The summed E-state index contributed by atoms with van der Waals surface area (Å²) in [4.78, 5) is 13.5. The van der Waals surface area contributed by atoms with E-state index in [4.69, 9.17) is 11.6 Å². The van der Waals surface area contributed by atoms with Gasteiger partial charge in [-0.3, -0.25) is 4.79 Å². The Labute approximate surface area is 97.4 Å². The largest absolute Gasteiger partial charge is 0.507 e. The predicted molar refractivity (Wildman–Crippen MR) is 58.2 cm³/mol. The Morgan fingerprint density at radius 3 is 2.88 bits per heavy atom. The van der Waals surface area contributed by atoms with E-state index in [1.54, 1.807) is 4.90 Å². The summed E-state index contributed by atoms with van der Waals surface area (Å²) in [5.41, 5.74) is 0.118. The summed E-state index contributed by atoms with van der Waals surface area (Å²) in [7, 11) is 0. The van der Waals surface area contributed by atoms with Crippen molar-refractivity contribution in [2.75, 3.05) is 13.1 Å². The van der Waals surface area contributed by atoms with Crippen LogP contribution in [0.3, 0.4) is 0 Å². The van der Waals surface area contributed by atoms with Gasteiger partial charge in [0, 0.05) is 19.2 Å². The van der Waals surface area contributed by atoms with Gasteiger partial charge in [0.15, 0.2) is 0 Å². The molecule has 1 N–H and O–H groups in total. The maximum atomic E-state index is 12.7. The van der Waals surface area contributed by atoms with E-state index in [-0.39, 0.29) is 22.6 Å². The third-order valence-electron chi connectivity index (χ3n) is 2.61. The molecule has 1 unspecified atom stereocenters. The fourth-order valence-electron chi connectivity index (χ4n) is 1.76. The molecule has 3 nitrogen and oxygen atoms in total. The minimum Gasteiger partial charge on any atom is -0.507 e. The number of hydrogen-bond donors (Lipinski definition) is 1. The molecule has 0 radical (unpaired) electrons. The molecule has 0 aromatic heterocycles. The first-order valence-electron chi connectivity index (χ1n) is 5.00. The molecule has 1 atom stereocenters. The Morgan fingerprint density at radius 1 is 1.56 bits per heavy atom. The number of hydrogen-bond acceptors (Lipinski definition) is 2. The number of phenolic OH excluding ortho intramolecular Hbond substituents is 1. The molecule has 16 heavy (non-hydrogen) atoms. The summed E-state index contributed by atoms with van der Waals surface area (Å²) in [6, 6.07) is 3.37. The number of aromatic hydroxyl groups is 1. The lowest BCUT2D eigenvalue weighted by Crippen LogP contribution is -2.28. The highest BCUT2D eigenvalue weighted by Gasteiger charge is 2.26. The van der Waals surface area contributed by atoms with Crippen LogP contribution >= 0.6 is 11.6 Å². The van der Waals surface area contributed by atoms with E-state index in [9.17, 15) is 14.3 Å². The number of nitrogens with zero attached hydrogens (tertiary/aromatic N) is 1. The van der Waals surface area contributed by atoms with Crippen LogP contribution in [0.5, 0.6) is 5.75 Å². The van der Waals surface area contributed by atoms with Gasteiger partial charge >= 0.3 is 0 Å². The summed E-state index contributed by atoms with van der Waals surface area (Å²) >= 11 is 5.89. The van der Waals surface area contributed by atoms with E-state index in [1.165, 1.54) is 6.07 Å². The number of rotatable bonds is 1. The van der Waals surface area contributed by atoms with Crippen LogP contribution in [0, 0.1) is 5.82 Å². The standard InChI is InChI=1S/C11H11ClFNO2/c12-7-3-4-14(6-7)11(16)9-2-1-8(13)5-10(9)15/h1-2,5,7,15H,3-4,6H2. The van der Waals surface area contributed by atoms with Crippen molar-refractivity contribution in [3.05, 3.63) is 29.6 Å². The first kappa shape index (κ1) is 11.2. The highest BCUT2D eigenvalue weighted by molar-refractivity contribution is 6.21. The SMILES string of the molecule is O=C(c1ccc(F)cc1O)N1CCC(Cl)C1. The zero-order valence-corrected chi connectivity index (χ0v) is 9.25. The van der Waals surface area contributed by atoms with Crippen molar-refractivity contribution in [1.29, 1.82) is 0 Å². The molecule has 0 bridgehead atoms. The lowest BCUT2D eigenvalue weighted by atomic mass is 10.1. The van der Waals surface area contributed by atoms with Gasteiger partial charge in [0.25, 0.3) is 5.91 Å². The van der Waals surface area contributed by atoms with Gasteiger partial charge < -0.3 is 10.0 Å².